The lowest BCUT2D eigenvalue weighted by atomic mass is 9.82. The van der Waals surface area contributed by atoms with Gasteiger partial charge in [0.15, 0.2) is 5.82 Å². The highest BCUT2D eigenvalue weighted by atomic mass is 16.4. The van der Waals surface area contributed by atoms with Gasteiger partial charge in [0.2, 0.25) is 0 Å². The Kier molecular flexibility index (Phi) is 6.63. The number of nitrogens with one attached hydrogen (secondary N) is 1. The maximum Gasteiger partial charge on any atom is 0.307 e. The number of tetrazole rings is 1. The molecule has 0 aliphatic heterocycles. The molecule has 2 atom stereocenters. The van der Waals surface area contributed by atoms with E-state index in [1.807, 2.05) is 19.9 Å². The van der Waals surface area contributed by atoms with E-state index >= 15 is 0 Å². The van der Waals surface area contributed by atoms with E-state index in [0.717, 1.165) is 18.4 Å². The molecule has 2 N–H and O–H groups in total. The Balaban J connectivity index is 3.04. The Morgan fingerprint density at radius 3 is 2.70 bits per heavy atom. The highest BCUT2D eigenvalue weighted by Crippen LogP contribution is 2.32. The molecule has 110 valence electrons. The first kappa shape index (κ1) is 16.1. The molecule has 6 nitrogen and oxygen atoms in total. The fourth-order valence-electron chi connectivity index (χ4n) is 2.33. The molecule has 0 aliphatic carbocycles. The van der Waals surface area contributed by atoms with E-state index in [4.69, 9.17) is 0 Å². The normalized spacial score (nSPS) is 14.8. The molecule has 0 spiro atoms. The average molecular weight is 278 g/mol. The van der Waals surface area contributed by atoms with Crippen molar-refractivity contribution in [3.63, 3.8) is 0 Å². The molecule has 0 bridgehead atoms. The summed E-state index contributed by atoms with van der Waals surface area (Å²) in [6.45, 7) is 7.71. The zero-order valence-electron chi connectivity index (χ0n) is 12.0. The van der Waals surface area contributed by atoms with Crippen LogP contribution in [-0.2, 0) is 4.79 Å². The lowest BCUT2D eigenvalue weighted by molar-refractivity contribution is -0.142. The van der Waals surface area contributed by atoms with Crippen molar-refractivity contribution in [3.8, 4) is 0 Å². The SMILES string of the molecule is C=C/C=C(\CC)CC(c1nn[nH]n1)C(CCC)C(=O)O. The molecule has 0 fully saturated rings. The second kappa shape index (κ2) is 8.24. The molecule has 0 saturated heterocycles. The summed E-state index contributed by atoms with van der Waals surface area (Å²) < 4.78 is 0. The highest BCUT2D eigenvalue weighted by Gasteiger charge is 2.32. The molecular weight excluding hydrogens is 256 g/mol. The molecule has 1 rings (SSSR count). The van der Waals surface area contributed by atoms with E-state index in [0.29, 0.717) is 18.7 Å². The number of H-pyrrole nitrogens is 1. The van der Waals surface area contributed by atoms with Crippen molar-refractivity contribution < 1.29 is 9.90 Å². The number of allylic oxidation sites excluding steroid dienone is 3. The topological polar surface area (TPSA) is 91.8 Å². The first-order chi connectivity index (χ1) is 9.63. The van der Waals surface area contributed by atoms with E-state index in [-0.39, 0.29) is 5.92 Å². The van der Waals surface area contributed by atoms with Gasteiger partial charge in [0.05, 0.1) is 5.92 Å². The molecule has 6 heteroatoms. The molecule has 1 aromatic rings. The molecule has 2 unspecified atom stereocenters. The summed E-state index contributed by atoms with van der Waals surface area (Å²) in [5, 5.41) is 23.4. The smallest absolute Gasteiger partial charge is 0.307 e. The molecule has 0 amide bonds. The van der Waals surface area contributed by atoms with Crippen molar-refractivity contribution in [1.29, 1.82) is 0 Å². The van der Waals surface area contributed by atoms with Crippen molar-refractivity contribution in [2.45, 2.75) is 45.4 Å². The predicted molar refractivity (Wildman–Crippen MR) is 76.1 cm³/mol. The van der Waals surface area contributed by atoms with Crippen LogP contribution in [0.2, 0.25) is 0 Å². The summed E-state index contributed by atoms with van der Waals surface area (Å²) >= 11 is 0. The van der Waals surface area contributed by atoms with Crippen LogP contribution in [-0.4, -0.2) is 31.7 Å². The van der Waals surface area contributed by atoms with Crippen molar-refractivity contribution >= 4 is 5.97 Å². The fourth-order valence-corrected chi connectivity index (χ4v) is 2.33. The monoisotopic (exact) mass is 278 g/mol. The Bertz CT molecular complexity index is 454. The maximum absolute atomic E-state index is 11.5. The Labute approximate surface area is 119 Å². The van der Waals surface area contributed by atoms with Crippen LogP contribution in [0.15, 0.2) is 24.3 Å². The van der Waals surface area contributed by atoms with Gasteiger partial charge >= 0.3 is 5.97 Å². The number of hydrogen-bond acceptors (Lipinski definition) is 4. The van der Waals surface area contributed by atoms with Crippen LogP contribution in [0.1, 0.15) is 51.3 Å². The third-order valence-corrected chi connectivity index (χ3v) is 3.39. The third kappa shape index (κ3) is 4.29. The number of carboxylic acid groups (broad SMARTS) is 1. The summed E-state index contributed by atoms with van der Waals surface area (Å²) in [6.07, 6.45) is 6.51. The standard InChI is InChI=1S/C14H22N4O2/c1-4-7-10(6-3)9-12(13-15-17-18-16-13)11(8-5-2)14(19)20/h4,7,11-12H,1,5-6,8-9H2,2-3H3,(H,19,20)(H,15,16,17,18)/b10-7+. The second-order valence-electron chi connectivity index (χ2n) is 4.73. The number of rotatable bonds is 9. The number of hydrogen-bond donors (Lipinski definition) is 2. The van der Waals surface area contributed by atoms with Gasteiger partial charge in [0.25, 0.3) is 0 Å². The molecule has 0 aromatic carbocycles. The van der Waals surface area contributed by atoms with Gasteiger partial charge in [-0.05, 0) is 19.3 Å². The summed E-state index contributed by atoms with van der Waals surface area (Å²) in [5.41, 5.74) is 1.14. The first-order valence-electron chi connectivity index (χ1n) is 6.90. The zero-order chi connectivity index (χ0) is 15.0. The van der Waals surface area contributed by atoms with Gasteiger partial charge in [-0.25, -0.2) is 0 Å². The van der Waals surface area contributed by atoms with Crippen LogP contribution >= 0.6 is 0 Å². The van der Waals surface area contributed by atoms with Gasteiger partial charge in [-0.3, -0.25) is 4.79 Å². The van der Waals surface area contributed by atoms with Crippen molar-refractivity contribution in [2.75, 3.05) is 0 Å². The van der Waals surface area contributed by atoms with Crippen molar-refractivity contribution in [2.24, 2.45) is 5.92 Å². The molecular formula is C14H22N4O2. The summed E-state index contributed by atoms with van der Waals surface area (Å²) in [6, 6.07) is 0. The second-order valence-corrected chi connectivity index (χ2v) is 4.73. The third-order valence-electron chi connectivity index (χ3n) is 3.39. The Morgan fingerprint density at radius 2 is 2.25 bits per heavy atom. The number of carboxylic acids is 1. The zero-order valence-corrected chi connectivity index (χ0v) is 12.0. The van der Waals surface area contributed by atoms with Crippen LogP contribution in [0.4, 0.5) is 0 Å². The number of nitrogens with zero attached hydrogens (tertiary/aromatic N) is 3. The van der Waals surface area contributed by atoms with E-state index in [1.54, 1.807) is 6.08 Å². The highest BCUT2D eigenvalue weighted by molar-refractivity contribution is 5.71. The van der Waals surface area contributed by atoms with Crippen molar-refractivity contribution in [1.82, 2.24) is 20.6 Å². The van der Waals surface area contributed by atoms with Gasteiger partial charge in [0, 0.05) is 5.92 Å². The van der Waals surface area contributed by atoms with Gasteiger partial charge < -0.3 is 5.11 Å². The minimum absolute atomic E-state index is 0.266. The molecule has 1 heterocycles. The first-order valence-corrected chi connectivity index (χ1v) is 6.90. The van der Waals surface area contributed by atoms with Gasteiger partial charge in [-0.1, -0.05) is 49.8 Å². The van der Waals surface area contributed by atoms with E-state index in [9.17, 15) is 9.90 Å². The van der Waals surface area contributed by atoms with Crippen molar-refractivity contribution in [3.05, 3.63) is 30.1 Å². The minimum Gasteiger partial charge on any atom is -0.481 e. The molecule has 0 aliphatic rings. The van der Waals surface area contributed by atoms with E-state index in [1.165, 1.54) is 0 Å². The van der Waals surface area contributed by atoms with Crippen LogP contribution in [0, 0.1) is 5.92 Å². The van der Waals surface area contributed by atoms with Gasteiger partial charge in [-0.2, -0.15) is 5.21 Å². The van der Waals surface area contributed by atoms with Crippen LogP contribution in [0.5, 0.6) is 0 Å². The van der Waals surface area contributed by atoms with Gasteiger partial charge in [0.1, 0.15) is 0 Å². The Hall–Kier alpha value is -1.98. The molecule has 0 saturated carbocycles. The molecule has 0 radical (unpaired) electrons. The van der Waals surface area contributed by atoms with E-state index < -0.39 is 11.9 Å². The summed E-state index contributed by atoms with van der Waals surface area (Å²) in [4.78, 5) is 11.5. The Morgan fingerprint density at radius 1 is 1.50 bits per heavy atom. The number of aliphatic carboxylic acids is 1. The maximum atomic E-state index is 11.5. The molecule has 1 aromatic heterocycles. The number of aromatic amines is 1. The van der Waals surface area contributed by atoms with Crippen LogP contribution in [0.25, 0.3) is 0 Å². The van der Waals surface area contributed by atoms with Gasteiger partial charge in [-0.15, -0.1) is 10.2 Å². The summed E-state index contributed by atoms with van der Waals surface area (Å²) in [7, 11) is 0. The minimum atomic E-state index is -0.810. The predicted octanol–water partition coefficient (Wildman–Crippen LogP) is 2.70. The quantitative estimate of drug-likeness (QED) is 0.677. The van der Waals surface area contributed by atoms with Crippen LogP contribution in [0.3, 0.4) is 0 Å². The van der Waals surface area contributed by atoms with E-state index in [2.05, 4.69) is 27.2 Å². The lowest BCUT2D eigenvalue weighted by Crippen LogP contribution is -2.23. The number of aromatic nitrogens is 4. The fraction of sp³-hybridized carbons (Fsp3) is 0.571. The largest absolute Gasteiger partial charge is 0.481 e. The molecule has 20 heavy (non-hydrogen) atoms. The lowest BCUT2D eigenvalue weighted by Gasteiger charge is -2.21. The average Bonchev–Trinajstić information content (AvgIpc) is 2.95. The van der Waals surface area contributed by atoms with Crippen LogP contribution < -0.4 is 0 Å². The summed E-state index contributed by atoms with van der Waals surface area (Å²) in [5.74, 6) is -1.11. The number of carbonyl (C=O) groups is 1.